The normalized spacial score (nSPS) is 21.8. The Bertz CT molecular complexity index is 555. The molecule has 6 heteroatoms. The lowest BCUT2D eigenvalue weighted by Crippen LogP contribution is -2.31. The Labute approximate surface area is 128 Å². The van der Waals surface area contributed by atoms with Gasteiger partial charge in [0, 0.05) is 12.0 Å². The molecule has 1 amide bonds. The number of hydrogen-bond donors (Lipinski definition) is 1. The minimum Gasteiger partial charge on any atom is -0.480 e. The smallest absolute Gasteiger partial charge is 0.410 e. The highest BCUT2D eigenvalue weighted by atomic mass is 16.6. The van der Waals surface area contributed by atoms with Gasteiger partial charge in [0.1, 0.15) is 13.2 Å². The molecule has 2 fully saturated rings. The standard InChI is InChI=1S/C16H19NO5/c18-14(19)10-21-13-8-17(11-16(13)6-7-16)15(20)22-9-12-4-2-1-3-5-12/h1-5,13H,6-11H2,(H,18,19). The van der Waals surface area contributed by atoms with Crippen molar-refractivity contribution in [1.82, 2.24) is 4.90 Å². The summed E-state index contributed by atoms with van der Waals surface area (Å²) in [5.41, 5.74) is 0.885. The van der Waals surface area contributed by atoms with E-state index in [0.717, 1.165) is 18.4 Å². The summed E-state index contributed by atoms with van der Waals surface area (Å²) in [5.74, 6) is -0.985. The van der Waals surface area contributed by atoms with Crippen molar-refractivity contribution in [1.29, 1.82) is 0 Å². The predicted octanol–water partition coefficient (Wildman–Crippen LogP) is 1.89. The van der Waals surface area contributed by atoms with E-state index in [9.17, 15) is 9.59 Å². The van der Waals surface area contributed by atoms with Crippen LogP contribution in [0.25, 0.3) is 0 Å². The van der Waals surface area contributed by atoms with Gasteiger partial charge in [-0.05, 0) is 18.4 Å². The van der Waals surface area contributed by atoms with E-state index in [0.29, 0.717) is 13.1 Å². The molecule has 1 heterocycles. The van der Waals surface area contributed by atoms with Crippen LogP contribution in [0.4, 0.5) is 4.79 Å². The van der Waals surface area contributed by atoms with Crippen LogP contribution >= 0.6 is 0 Å². The topological polar surface area (TPSA) is 76.1 Å². The molecule has 0 bridgehead atoms. The van der Waals surface area contributed by atoms with E-state index in [-0.39, 0.29) is 30.8 Å². The molecule has 1 saturated carbocycles. The highest BCUT2D eigenvalue weighted by Crippen LogP contribution is 2.54. The molecule has 3 rings (SSSR count). The second kappa shape index (κ2) is 5.96. The van der Waals surface area contributed by atoms with Gasteiger partial charge in [0.2, 0.25) is 0 Å². The van der Waals surface area contributed by atoms with Crippen molar-refractivity contribution in [3.05, 3.63) is 35.9 Å². The molecule has 1 saturated heterocycles. The lowest BCUT2D eigenvalue weighted by atomic mass is 10.0. The average molecular weight is 305 g/mol. The van der Waals surface area contributed by atoms with Gasteiger partial charge in [0.05, 0.1) is 12.6 Å². The van der Waals surface area contributed by atoms with Crippen molar-refractivity contribution in [3.63, 3.8) is 0 Å². The number of nitrogens with zero attached hydrogens (tertiary/aromatic N) is 1. The molecule has 22 heavy (non-hydrogen) atoms. The number of carbonyl (C=O) groups is 2. The largest absolute Gasteiger partial charge is 0.480 e. The fourth-order valence-corrected chi connectivity index (χ4v) is 2.93. The Morgan fingerprint density at radius 3 is 2.64 bits per heavy atom. The molecule has 1 unspecified atom stereocenters. The van der Waals surface area contributed by atoms with Crippen LogP contribution in [-0.4, -0.2) is 47.9 Å². The second-order valence-electron chi connectivity index (χ2n) is 5.98. The van der Waals surface area contributed by atoms with Crippen LogP contribution in [0.5, 0.6) is 0 Å². The summed E-state index contributed by atoms with van der Waals surface area (Å²) in [4.78, 5) is 24.4. The van der Waals surface area contributed by atoms with Crippen LogP contribution in [-0.2, 0) is 20.9 Å². The van der Waals surface area contributed by atoms with Crippen LogP contribution in [0.1, 0.15) is 18.4 Å². The third-order valence-corrected chi connectivity index (χ3v) is 4.34. The van der Waals surface area contributed by atoms with E-state index >= 15 is 0 Å². The SMILES string of the molecule is O=C(O)COC1CN(C(=O)OCc2ccccc2)CC12CC2. The van der Waals surface area contributed by atoms with Gasteiger partial charge in [-0.2, -0.15) is 0 Å². The predicted molar refractivity (Wildman–Crippen MR) is 77.2 cm³/mol. The van der Waals surface area contributed by atoms with E-state index in [1.807, 2.05) is 30.3 Å². The number of aliphatic carboxylic acids is 1. The molecule has 6 nitrogen and oxygen atoms in total. The molecule has 118 valence electrons. The van der Waals surface area contributed by atoms with Crippen LogP contribution in [0.2, 0.25) is 0 Å². The minimum absolute atomic E-state index is 0.0543. The number of rotatable bonds is 5. The summed E-state index contributed by atoms with van der Waals surface area (Å²) in [6, 6.07) is 9.51. The molecule has 1 aliphatic heterocycles. The maximum Gasteiger partial charge on any atom is 0.410 e. The molecule has 1 aromatic carbocycles. The molecule has 1 aliphatic carbocycles. The second-order valence-corrected chi connectivity index (χ2v) is 5.98. The van der Waals surface area contributed by atoms with E-state index in [2.05, 4.69) is 0 Å². The third kappa shape index (κ3) is 3.22. The zero-order chi connectivity index (χ0) is 15.6. The van der Waals surface area contributed by atoms with Crippen LogP contribution in [0.15, 0.2) is 30.3 Å². The summed E-state index contributed by atoms with van der Waals surface area (Å²) in [6.07, 6.45) is 1.38. The Kier molecular flexibility index (Phi) is 4.02. The van der Waals surface area contributed by atoms with E-state index in [1.54, 1.807) is 4.90 Å². The number of carbonyl (C=O) groups excluding carboxylic acids is 1. The lowest BCUT2D eigenvalue weighted by Gasteiger charge is -2.16. The first-order valence-electron chi connectivity index (χ1n) is 7.38. The van der Waals surface area contributed by atoms with Crippen molar-refractivity contribution in [2.75, 3.05) is 19.7 Å². The first-order chi connectivity index (χ1) is 10.6. The molecule has 1 N–H and O–H groups in total. The highest BCUT2D eigenvalue weighted by molar-refractivity contribution is 5.69. The fraction of sp³-hybridized carbons (Fsp3) is 0.500. The number of likely N-dealkylation sites (tertiary alicyclic amines) is 1. The number of carboxylic acids is 1. The van der Waals surface area contributed by atoms with Crippen LogP contribution in [0.3, 0.4) is 0 Å². The van der Waals surface area contributed by atoms with Crippen LogP contribution < -0.4 is 0 Å². The number of hydrogen-bond acceptors (Lipinski definition) is 4. The first kappa shape index (κ1) is 14.8. The maximum absolute atomic E-state index is 12.1. The summed E-state index contributed by atoms with van der Waals surface area (Å²) >= 11 is 0. The van der Waals surface area contributed by atoms with E-state index in [4.69, 9.17) is 14.6 Å². The number of amides is 1. The third-order valence-electron chi connectivity index (χ3n) is 4.34. The Morgan fingerprint density at radius 1 is 1.27 bits per heavy atom. The van der Waals surface area contributed by atoms with Crippen LogP contribution in [0, 0.1) is 5.41 Å². The van der Waals surface area contributed by atoms with Crippen molar-refractivity contribution in [3.8, 4) is 0 Å². The van der Waals surface area contributed by atoms with Gasteiger partial charge in [-0.25, -0.2) is 9.59 Å². The highest BCUT2D eigenvalue weighted by Gasteiger charge is 2.57. The zero-order valence-corrected chi connectivity index (χ0v) is 12.2. The Hall–Kier alpha value is -2.08. The lowest BCUT2D eigenvalue weighted by molar-refractivity contribution is -0.145. The van der Waals surface area contributed by atoms with Gasteiger partial charge in [0.15, 0.2) is 0 Å². The number of benzene rings is 1. The molecule has 1 atom stereocenters. The van der Waals surface area contributed by atoms with Gasteiger partial charge in [-0.15, -0.1) is 0 Å². The minimum atomic E-state index is -0.985. The number of ether oxygens (including phenoxy) is 2. The fourth-order valence-electron chi connectivity index (χ4n) is 2.93. The molecule has 0 aromatic heterocycles. The van der Waals surface area contributed by atoms with Gasteiger partial charge < -0.3 is 19.5 Å². The summed E-state index contributed by atoms with van der Waals surface area (Å²) in [6.45, 7) is 0.912. The molecule has 0 radical (unpaired) electrons. The number of carboxylic acid groups (broad SMARTS) is 1. The van der Waals surface area contributed by atoms with Crippen molar-refractivity contribution in [2.24, 2.45) is 5.41 Å². The quantitative estimate of drug-likeness (QED) is 0.899. The van der Waals surface area contributed by atoms with Gasteiger partial charge in [-0.1, -0.05) is 30.3 Å². The van der Waals surface area contributed by atoms with Crippen molar-refractivity contribution in [2.45, 2.75) is 25.6 Å². The summed E-state index contributed by atoms with van der Waals surface area (Å²) in [5, 5.41) is 8.72. The van der Waals surface area contributed by atoms with Gasteiger partial charge >= 0.3 is 12.1 Å². The molecular weight excluding hydrogens is 286 g/mol. The van der Waals surface area contributed by atoms with E-state index < -0.39 is 5.97 Å². The van der Waals surface area contributed by atoms with Gasteiger partial charge in [0.25, 0.3) is 0 Å². The van der Waals surface area contributed by atoms with Crippen molar-refractivity contribution < 1.29 is 24.2 Å². The molecular formula is C16H19NO5. The molecule has 1 spiro atoms. The Balaban J connectivity index is 1.52. The maximum atomic E-state index is 12.1. The zero-order valence-electron chi connectivity index (χ0n) is 12.2. The average Bonchev–Trinajstić information content (AvgIpc) is 3.18. The monoisotopic (exact) mass is 305 g/mol. The van der Waals surface area contributed by atoms with E-state index in [1.165, 1.54) is 0 Å². The summed E-state index contributed by atoms with van der Waals surface area (Å²) in [7, 11) is 0. The van der Waals surface area contributed by atoms with Crippen molar-refractivity contribution >= 4 is 12.1 Å². The molecule has 1 aromatic rings. The summed E-state index contributed by atoms with van der Waals surface area (Å²) < 4.78 is 10.8. The first-order valence-corrected chi connectivity index (χ1v) is 7.38. The molecule has 2 aliphatic rings. The Morgan fingerprint density at radius 2 is 2.00 bits per heavy atom. The van der Waals surface area contributed by atoms with Gasteiger partial charge in [-0.3, -0.25) is 0 Å².